The summed E-state index contributed by atoms with van der Waals surface area (Å²) in [5, 5.41) is 0. The van der Waals surface area contributed by atoms with Crippen LogP contribution in [0.2, 0.25) is 0 Å². The van der Waals surface area contributed by atoms with Crippen molar-refractivity contribution in [1.29, 1.82) is 0 Å². The Balaban J connectivity index is 2.66. The smallest absolute Gasteiger partial charge is 0.131 e. The van der Waals surface area contributed by atoms with Gasteiger partial charge in [-0.2, -0.15) is 0 Å². The highest BCUT2D eigenvalue weighted by Gasteiger charge is 1.88. The normalized spacial score (nSPS) is 8.83. The molecule has 0 unspecified atom stereocenters. The molecule has 0 saturated heterocycles. The average Bonchev–Trinajstić information content (AvgIpc) is 2.09. The molecule has 62 valence electrons. The highest BCUT2D eigenvalue weighted by atomic mass is 79.9. The van der Waals surface area contributed by atoms with Gasteiger partial charge in [0.15, 0.2) is 0 Å². The molecule has 0 saturated carbocycles. The van der Waals surface area contributed by atoms with Gasteiger partial charge < -0.3 is 5.73 Å². The lowest BCUT2D eigenvalue weighted by Crippen LogP contribution is -1.95. The van der Waals surface area contributed by atoms with Gasteiger partial charge in [-0.3, -0.25) is 0 Å². The number of aromatic nitrogens is 2. The predicted octanol–water partition coefficient (Wildman–Crippen LogP) is 0.939. The maximum absolute atomic E-state index is 5.27. The Morgan fingerprint density at radius 3 is 2.83 bits per heavy atom. The third-order valence-corrected chi connectivity index (χ3v) is 1.52. The van der Waals surface area contributed by atoms with E-state index in [4.69, 9.17) is 5.73 Å². The van der Waals surface area contributed by atoms with Crippen molar-refractivity contribution in [2.45, 2.75) is 6.42 Å². The van der Waals surface area contributed by atoms with Crippen LogP contribution in [0.4, 0.5) is 0 Å². The van der Waals surface area contributed by atoms with Gasteiger partial charge in [-0.1, -0.05) is 5.92 Å². The van der Waals surface area contributed by atoms with Crippen LogP contribution in [0.5, 0.6) is 0 Å². The van der Waals surface area contributed by atoms with E-state index in [1.165, 1.54) is 0 Å². The van der Waals surface area contributed by atoms with Gasteiger partial charge in [-0.15, -0.1) is 0 Å². The third kappa shape index (κ3) is 2.99. The van der Waals surface area contributed by atoms with Crippen LogP contribution in [-0.4, -0.2) is 16.5 Å². The summed E-state index contributed by atoms with van der Waals surface area (Å²) in [4.78, 5) is 8.00. The van der Waals surface area contributed by atoms with Gasteiger partial charge in [-0.05, 0) is 21.9 Å². The zero-order valence-electron chi connectivity index (χ0n) is 6.42. The molecule has 0 aliphatic rings. The minimum Gasteiger partial charge on any atom is -0.330 e. The third-order valence-electron chi connectivity index (χ3n) is 1.11. The molecule has 0 aromatic carbocycles. The number of nitrogens with zero attached hydrogens (tertiary/aromatic N) is 2. The summed E-state index contributed by atoms with van der Waals surface area (Å²) in [5.41, 5.74) is 5.94. The Morgan fingerprint density at radius 1 is 1.42 bits per heavy atom. The molecular weight excluding hydrogens is 218 g/mol. The van der Waals surface area contributed by atoms with Crippen LogP contribution in [0.3, 0.4) is 0 Å². The predicted molar refractivity (Wildman–Crippen MR) is 50.3 cm³/mol. The molecule has 2 N–H and O–H groups in total. The Hall–Kier alpha value is -0.920. The number of hydrogen-bond donors (Lipinski definition) is 1. The van der Waals surface area contributed by atoms with Gasteiger partial charge in [0.2, 0.25) is 0 Å². The van der Waals surface area contributed by atoms with Gasteiger partial charge in [0.1, 0.15) is 10.3 Å². The van der Waals surface area contributed by atoms with Crippen molar-refractivity contribution in [3.63, 3.8) is 0 Å². The minimum atomic E-state index is 0.580. The fraction of sp³-hybridized carbons (Fsp3) is 0.250. The van der Waals surface area contributed by atoms with E-state index in [9.17, 15) is 0 Å². The van der Waals surface area contributed by atoms with Crippen LogP contribution in [0.15, 0.2) is 17.0 Å². The summed E-state index contributed by atoms with van der Waals surface area (Å²) in [6.07, 6.45) is 3.93. The number of rotatable bonds is 1. The highest BCUT2D eigenvalue weighted by molar-refractivity contribution is 9.10. The van der Waals surface area contributed by atoms with Crippen LogP contribution in [-0.2, 0) is 0 Å². The standard InChI is InChI=1S/C8H8BrN3/c9-8-6-11-7(5-12-8)3-1-2-4-10/h5-6H,2,4,10H2. The van der Waals surface area contributed by atoms with Gasteiger partial charge in [0, 0.05) is 13.0 Å². The lowest BCUT2D eigenvalue weighted by Gasteiger charge is -1.88. The van der Waals surface area contributed by atoms with E-state index < -0.39 is 0 Å². The van der Waals surface area contributed by atoms with Crippen LogP contribution >= 0.6 is 15.9 Å². The molecule has 0 fully saturated rings. The fourth-order valence-electron chi connectivity index (χ4n) is 0.602. The maximum Gasteiger partial charge on any atom is 0.131 e. The summed E-state index contributed by atoms with van der Waals surface area (Å²) < 4.78 is 0.715. The van der Waals surface area contributed by atoms with Crippen LogP contribution in [0.1, 0.15) is 12.1 Å². The maximum atomic E-state index is 5.27. The Kier molecular flexibility index (Phi) is 3.71. The molecule has 0 amide bonds. The summed E-state index contributed by atoms with van der Waals surface area (Å²) in [5.74, 6) is 5.73. The molecular formula is C8H8BrN3. The summed E-state index contributed by atoms with van der Waals surface area (Å²) in [6, 6.07) is 0. The van der Waals surface area contributed by atoms with Crippen LogP contribution < -0.4 is 5.73 Å². The van der Waals surface area contributed by atoms with E-state index >= 15 is 0 Å². The van der Waals surface area contributed by atoms with E-state index in [2.05, 4.69) is 37.7 Å². The molecule has 1 aromatic rings. The summed E-state index contributed by atoms with van der Waals surface area (Å²) in [6.45, 7) is 0.580. The van der Waals surface area contributed by atoms with E-state index in [1.54, 1.807) is 12.4 Å². The van der Waals surface area contributed by atoms with E-state index in [0.29, 0.717) is 23.3 Å². The molecule has 1 aromatic heterocycles. The zero-order chi connectivity index (χ0) is 8.81. The van der Waals surface area contributed by atoms with Crippen molar-refractivity contribution in [3.8, 4) is 11.8 Å². The molecule has 0 spiro atoms. The van der Waals surface area contributed by atoms with Gasteiger partial charge in [-0.25, -0.2) is 9.97 Å². The topological polar surface area (TPSA) is 51.8 Å². The Bertz CT molecular complexity index is 296. The van der Waals surface area contributed by atoms with Crippen molar-refractivity contribution in [3.05, 3.63) is 22.7 Å². The lowest BCUT2D eigenvalue weighted by molar-refractivity contribution is 1.03. The molecule has 0 bridgehead atoms. The van der Waals surface area contributed by atoms with Crippen molar-refractivity contribution in [1.82, 2.24) is 9.97 Å². The molecule has 0 aliphatic carbocycles. The molecule has 0 radical (unpaired) electrons. The largest absolute Gasteiger partial charge is 0.330 e. The number of hydrogen-bond acceptors (Lipinski definition) is 3. The monoisotopic (exact) mass is 225 g/mol. The quantitative estimate of drug-likeness (QED) is 0.725. The molecule has 1 heterocycles. The van der Waals surface area contributed by atoms with Crippen LogP contribution in [0, 0.1) is 11.8 Å². The van der Waals surface area contributed by atoms with Crippen molar-refractivity contribution in [2.24, 2.45) is 5.73 Å². The number of halogens is 1. The molecule has 0 atom stereocenters. The van der Waals surface area contributed by atoms with Crippen molar-refractivity contribution in [2.75, 3.05) is 6.54 Å². The van der Waals surface area contributed by atoms with Crippen molar-refractivity contribution >= 4 is 15.9 Å². The van der Waals surface area contributed by atoms with E-state index in [1.807, 2.05) is 0 Å². The average molecular weight is 226 g/mol. The van der Waals surface area contributed by atoms with Gasteiger partial charge in [0.25, 0.3) is 0 Å². The SMILES string of the molecule is NCCC#Cc1cnc(Br)cn1. The minimum absolute atomic E-state index is 0.580. The van der Waals surface area contributed by atoms with Gasteiger partial charge >= 0.3 is 0 Å². The van der Waals surface area contributed by atoms with E-state index in [-0.39, 0.29) is 0 Å². The second-order valence-electron chi connectivity index (χ2n) is 2.06. The first-order chi connectivity index (χ1) is 5.83. The van der Waals surface area contributed by atoms with Crippen molar-refractivity contribution < 1.29 is 0 Å². The second kappa shape index (κ2) is 4.86. The molecule has 0 aliphatic heterocycles. The number of nitrogens with two attached hydrogens (primary N) is 1. The second-order valence-corrected chi connectivity index (χ2v) is 2.88. The summed E-state index contributed by atoms with van der Waals surface area (Å²) >= 11 is 3.19. The molecule has 1 rings (SSSR count). The Labute approximate surface area is 79.5 Å². The molecule has 12 heavy (non-hydrogen) atoms. The van der Waals surface area contributed by atoms with E-state index in [0.717, 1.165) is 0 Å². The summed E-state index contributed by atoms with van der Waals surface area (Å²) in [7, 11) is 0. The molecule has 3 nitrogen and oxygen atoms in total. The Morgan fingerprint density at radius 2 is 2.25 bits per heavy atom. The highest BCUT2D eigenvalue weighted by Crippen LogP contribution is 2.01. The first-order valence-electron chi connectivity index (χ1n) is 3.49. The zero-order valence-corrected chi connectivity index (χ0v) is 8.00. The fourth-order valence-corrected chi connectivity index (χ4v) is 0.807. The van der Waals surface area contributed by atoms with Gasteiger partial charge in [0.05, 0.1) is 12.4 Å². The van der Waals surface area contributed by atoms with Crippen LogP contribution in [0.25, 0.3) is 0 Å². The first-order valence-corrected chi connectivity index (χ1v) is 4.28. The molecule has 4 heteroatoms. The first kappa shape index (κ1) is 9.17. The lowest BCUT2D eigenvalue weighted by atomic mass is 10.4.